The third-order valence-electron chi connectivity index (χ3n) is 3.26. The SMILES string of the molecule is OB(c1ccc(F)cc1)c1ccc(F)cc1.OCc1ccccn1. The number of aliphatic hydroxyl groups is 1. The van der Waals surface area contributed by atoms with E-state index in [1.54, 1.807) is 12.3 Å². The maximum Gasteiger partial charge on any atom is 0.358 e. The van der Waals surface area contributed by atoms with Crippen LogP contribution in [-0.2, 0) is 6.61 Å². The fraction of sp³-hybridized carbons (Fsp3) is 0.0556. The third kappa shape index (κ3) is 5.26. The van der Waals surface area contributed by atoms with Gasteiger partial charge >= 0.3 is 6.92 Å². The molecule has 3 nitrogen and oxygen atoms in total. The zero-order chi connectivity index (χ0) is 17.4. The Hall–Kier alpha value is -2.57. The molecule has 0 aliphatic carbocycles. The lowest BCUT2D eigenvalue weighted by Crippen LogP contribution is -2.42. The first-order chi connectivity index (χ1) is 11.6. The van der Waals surface area contributed by atoms with E-state index in [0.29, 0.717) is 16.6 Å². The van der Waals surface area contributed by atoms with E-state index < -0.39 is 6.92 Å². The molecule has 0 bridgehead atoms. The number of hydrogen-bond acceptors (Lipinski definition) is 3. The first-order valence-corrected chi connectivity index (χ1v) is 7.30. The summed E-state index contributed by atoms with van der Waals surface area (Å²) in [6, 6.07) is 16.6. The van der Waals surface area contributed by atoms with Crippen molar-refractivity contribution in [2.24, 2.45) is 0 Å². The van der Waals surface area contributed by atoms with Crippen LogP contribution >= 0.6 is 0 Å². The van der Waals surface area contributed by atoms with Crippen LogP contribution in [0.25, 0.3) is 0 Å². The quantitative estimate of drug-likeness (QED) is 0.719. The number of pyridine rings is 1. The van der Waals surface area contributed by atoms with Gasteiger partial charge in [-0.05, 0) is 47.3 Å². The van der Waals surface area contributed by atoms with Gasteiger partial charge in [0.2, 0.25) is 0 Å². The van der Waals surface area contributed by atoms with E-state index in [1.807, 2.05) is 12.1 Å². The Balaban J connectivity index is 0.000000219. The predicted molar refractivity (Wildman–Crippen MR) is 90.2 cm³/mol. The van der Waals surface area contributed by atoms with E-state index in [0.717, 1.165) is 0 Å². The van der Waals surface area contributed by atoms with Gasteiger partial charge in [0.05, 0.1) is 12.3 Å². The van der Waals surface area contributed by atoms with Crippen molar-refractivity contribution in [3.63, 3.8) is 0 Å². The Bertz CT molecular complexity index is 692. The lowest BCUT2D eigenvalue weighted by atomic mass is 9.56. The van der Waals surface area contributed by atoms with E-state index in [1.165, 1.54) is 48.5 Å². The molecule has 0 amide bonds. The molecule has 0 fully saturated rings. The smallest absolute Gasteiger partial charge is 0.358 e. The molecule has 0 unspecified atom stereocenters. The molecule has 2 aromatic carbocycles. The number of aromatic nitrogens is 1. The van der Waals surface area contributed by atoms with Gasteiger partial charge in [0.25, 0.3) is 0 Å². The highest BCUT2D eigenvalue weighted by atomic mass is 19.1. The average molecular weight is 327 g/mol. The fourth-order valence-electron chi connectivity index (χ4n) is 1.97. The molecule has 122 valence electrons. The fourth-order valence-corrected chi connectivity index (χ4v) is 1.97. The van der Waals surface area contributed by atoms with Gasteiger partial charge in [-0.2, -0.15) is 0 Å². The van der Waals surface area contributed by atoms with Crippen LogP contribution in [0.2, 0.25) is 0 Å². The third-order valence-corrected chi connectivity index (χ3v) is 3.26. The summed E-state index contributed by atoms with van der Waals surface area (Å²) in [6.07, 6.45) is 1.66. The Kier molecular flexibility index (Phi) is 6.60. The highest BCUT2D eigenvalue weighted by Gasteiger charge is 2.16. The van der Waals surface area contributed by atoms with E-state index in [9.17, 15) is 13.8 Å². The van der Waals surface area contributed by atoms with Crippen LogP contribution in [0.3, 0.4) is 0 Å². The molecule has 3 aromatic rings. The summed E-state index contributed by atoms with van der Waals surface area (Å²) in [7, 11) is 0. The van der Waals surface area contributed by atoms with E-state index in [2.05, 4.69) is 4.98 Å². The van der Waals surface area contributed by atoms with Crippen LogP contribution in [0.1, 0.15) is 5.69 Å². The first kappa shape index (κ1) is 17.8. The minimum absolute atomic E-state index is 0.0286. The lowest BCUT2D eigenvalue weighted by molar-refractivity contribution is 0.277. The molecule has 3 rings (SSSR count). The molecule has 1 heterocycles. The molecule has 0 aliphatic heterocycles. The number of aliphatic hydroxyl groups excluding tert-OH is 1. The molecule has 24 heavy (non-hydrogen) atoms. The monoisotopic (exact) mass is 327 g/mol. The van der Waals surface area contributed by atoms with Crippen molar-refractivity contribution in [1.29, 1.82) is 0 Å². The first-order valence-electron chi connectivity index (χ1n) is 7.30. The highest BCUT2D eigenvalue weighted by Crippen LogP contribution is 1.97. The average Bonchev–Trinajstić information content (AvgIpc) is 2.64. The number of hydrogen-bond donors (Lipinski definition) is 2. The van der Waals surface area contributed by atoms with Crippen LogP contribution in [0, 0.1) is 11.6 Å². The van der Waals surface area contributed by atoms with Gasteiger partial charge in [0.15, 0.2) is 0 Å². The summed E-state index contributed by atoms with van der Waals surface area (Å²) in [5.74, 6) is -0.704. The van der Waals surface area contributed by atoms with E-state index in [4.69, 9.17) is 5.11 Å². The summed E-state index contributed by atoms with van der Waals surface area (Å²) in [5, 5.41) is 18.4. The van der Waals surface area contributed by atoms with Gasteiger partial charge in [-0.3, -0.25) is 4.98 Å². The second-order valence-corrected chi connectivity index (χ2v) is 4.98. The Morgan fingerprint density at radius 2 is 1.29 bits per heavy atom. The summed E-state index contributed by atoms with van der Waals surface area (Å²) in [6.45, 7) is -0.831. The molecular weight excluding hydrogens is 311 g/mol. The molecule has 0 atom stereocenters. The lowest BCUT2D eigenvalue weighted by Gasteiger charge is -2.06. The van der Waals surface area contributed by atoms with Crippen LogP contribution in [0.15, 0.2) is 72.9 Å². The molecule has 0 radical (unpaired) electrons. The Morgan fingerprint density at radius 1 is 0.792 bits per heavy atom. The van der Waals surface area contributed by atoms with Gasteiger partial charge in [-0.15, -0.1) is 0 Å². The largest absolute Gasteiger partial charge is 0.443 e. The van der Waals surface area contributed by atoms with Crippen molar-refractivity contribution in [3.05, 3.63) is 90.3 Å². The number of halogens is 2. The Labute approximate surface area is 139 Å². The summed E-state index contributed by atoms with van der Waals surface area (Å²) in [5.41, 5.74) is 1.87. The second-order valence-electron chi connectivity index (χ2n) is 4.98. The van der Waals surface area contributed by atoms with Crippen molar-refractivity contribution in [2.45, 2.75) is 6.61 Å². The summed E-state index contributed by atoms with van der Waals surface area (Å²) in [4.78, 5) is 3.85. The highest BCUT2D eigenvalue weighted by molar-refractivity contribution is 6.78. The molecule has 1 aromatic heterocycles. The molecule has 6 heteroatoms. The van der Waals surface area contributed by atoms with Gasteiger partial charge in [-0.1, -0.05) is 30.3 Å². The maximum atomic E-state index is 12.7. The van der Waals surface area contributed by atoms with Crippen molar-refractivity contribution in [2.75, 3.05) is 0 Å². The minimum atomic E-state index is -0.860. The summed E-state index contributed by atoms with van der Waals surface area (Å²) >= 11 is 0. The van der Waals surface area contributed by atoms with Gasteiger partial charge < -0.3 is 10.1 Å². The van der Waals surface area contributed by atoms with Gasteiger partial charge in [0, 0.05) is 6.20 Å². The molecule has 0 aliphatic rings. The van der Waals surface area contributed by atoms with Crippen LogP contribution in [-0.4, -0.2) is 22.0 Å². The van der Waals surface area contributed by atoms with Gasteiger partial charge in [0.1, 0.15) is 11.6 Å². The van der Waals surface area contributed by atoms with Crippen LogP contribution < -0.4 is 10.9 Å². The zero-order valence-electron chi connectivity index (χ0n) is 12.8. The Morgan fingerprint density at radius 3 is 1.62 bits per heavy atom. The second kappa shape index (κ2) is 8.91. The predicted octanol–water partition coefficient (Wildman–Crippen LogP) is 1.64. The van der Waals surface area contributed by atoms with Crippen molar-refractivity contribution >= 4 is 17.8 Å². The number of rotatable bonds is 3. The van der Waals surface area contributed by atoms with E-state index >= 15 is 0 Å². The van der Waals surface area contributed by atoms with Crippen molar-refractivity contribution < 1.29 is 18.9 Å². The zero-order valence-corrected chi connectivity index (χ0v) is 12.8. The summed E-state index contributed by atoms with van der Waals surface area (Å²) < 4.78 is 25.3. The topological polar surface area (TPSA) is 53.4 Å². The normalized spacial score (nSPS) is 9.83. The van der Waals surface area contributed by atoms with E-state index in [-0.39, 0.29) is 18.2 Å². The number of benzene rings is 2. The number of nitrogens with zero attached hydrogens (tertiary/aromatic N) is 1. The minimum Gasteiger partial charge on any atom is -0.443 e. The maximum absolute atomic E-state index is 12.7. The van der Waals surface area contributed by atoms with Gasteiger partial charge in [-0.25, -0.2) is 8.78 Å². The molecule has 0 saturated carbocycles. The standard InChI is InChI=1S/C12H9BF2O.C6H7NO/c14-11-5-1-9(2-6-11)13(16)10-3-7-12(15)8-4-10;8-5-6-3-1-2-4-7-6/h1-8,16H;1-4,8H,5H2. The molecule has 0 saturated heterocycles. The van der Waals surface area contributed by atoms with Crippen molar-refractivity contribution in [3.8, 4) is 0 Å². The molecule has 2 N–H and O–H groups in total. The van der Waals surface area contributed by atoms with Crippen molar-refractivity contribution in [1.82, 2.24) is 4.98 Å². The van der Waals surface area contributed by atoms with Crippen LogP contribution in [0.5, 0.6) is 0 Å². The molecular formula is C18H16BF2NO2. The van der Waals surface area contributed by atoms with Crippen LogP contribution in [0.4, 0.5) is 8.78 Å². The molecule has 0 spiro atoms.